The van der Waals surface area contributed by atoms with Gasteiger partial charge in [-0.2, -0.15) is 0 Å². The van der Waals surface area contributed by atoms with Crippen LogP contribution in [0.1, 0.15) is 20.8 Å². The Labute approximate surface area is 141 Å². The summed E-state index contributed by atoms with van der Waals surface area (Å²) in [6, 6.07) is 4.15. The zero-order chi connectivity index (χ0) is 16.4. The van der Waals surface area contributed by atoms with Gasteiger partial charge in [0.15, 0.2) is 0 Å². The van der Waals surface area contributed by atoms with Gasteiger partial charge in [0.25, 0.3) is 11.8 Å². The van der Waals surface area contributed by atoms with Gasteiger partial charge in [-0.15, -0.1) is 11.3 Å². The molecule has 2 heterocycles. The largest absolute Gasteiger partial charge is 0.335 e. The number of thiazole rings is 1. The highest BCUT2D eigenvalue weighted by molar-refractivity contribution is 7.07. The zero-order valence-corrected chi connectivity index (χ0v) is 13.6. The summed E-state index contributed by atoms with van der Waals surface area (Å²) in [6.45, 7) is 1.43. The maximum absolute atomic E-state index is 13.8. The molecule has 3 rings (SSSR count). The van der Waals surface area contributed by atoms with Gasteiger partial charge in [0, 0.05) is 31.6 Å². The van der Waals surface area contributed by atoms with E-state index in [0.717, 1.165) is 0 Å². The van der Waals surface area contributed by atoms with Crippen LogP contribution in [0, 0.1) is 5.82 Å². The van der Waals surface area contributed by atoms with Crippen molar-refractivity contribution in [3.8, 4) is 0 Å². The minimum atomic E-state index is -0.636. The molecular formula is C15H13ClFN3O2S. The smallest absolute Gasteiger partial charge is 0.273 e. The molecule has 0 bridgehead atoms. The third-order valence-corrected chi connectivity index (χ3v) is 4.58. The van der Waals surface area contributed by atoms with Crippen molar-refractivity contribution in [2.45, 2.75) is 0 Å². The Hall–Kier alpha value is -1.99. The van der Waals surface area contributed by atoms with Crippen molar-refractivity contribution in [3.05, 3.63) is 51.2 Å². The number of nitrogens with zero attached hydrogens (tertiary/aromatic N) is 3. The summed E-state index contributed by atoms with van der Waals surface area (Å²) in [5.41, 5.74) is 1.90. The Morgan fingerprint density at radius 1 is 1.13 bits per heavy atom. The predicted octanol–water partition coefficient (Wildman–Crippen LogP) is 2.53. The monoisotopic (exact) mass is 353 g/mol. The van der Waals surface area contributed by atoms with Crippen LogP contribution in [0.5, 0.6) is 0 Å². The van der Waals surface area contributed by atoms with Gasteiger partial charge in [-0.25, -0.2) is 9.37 Å². The maximum Gasteiger partial charge on any atom is 0.273 e. The third-order valence-electron chi connectivity index (χ3n) is 3.68. The van der Waals surface area contributed by atoms with E-state index in [1.807, 2.05) is 0 Å². The van der Waals surface area contributed by atoms with Crippen molar-refractivity contribution in [2.75, 3.05) is 26.2 Å². The van der Waals surface area contributed by atoms with E-state index < -0.39 is 11.7 Å². The molecule has 0 N–H and O–H groups in total. The van der Waals surface area contributed by atoms with Crippen molar-refractivity contribution >= 4 is 34.8 Å². The Morgan fingerprint density at radius 3 is 2.35 bits per heavy atom. The maximum atomic E-state index is 13.8. The second-order valence-electron chi connectivity index (χ2n) is 5.05. The van der Waals surface area contributed by atoms with Crippen molar-refractivity contribution in [2.24, 2.45) is 0 Å². The van der Waals surface area contributed by atoms with Gasteiger partial charge >= 0.3 is 0 Å². The van der Waals surface area contributed by atoms with E-state index >= 15 is 0 Å². The van der Waals surface area contributed by atoms with Gasteiger partial charge in [-0.05, 0) is 12.1 Å². The van der Waals surface area contributed by atoms with Crippen LogP contribution in [0.15, 0.2) is 29.1 Å². The van der Waals surface area contributed by atoms with Crippen molar-refractivity contribution in [3.63, 3.8) is 0 Å². The summed E-state index contributed by atoms with van der Waals surface area (Å²) in [4.78, 5) is 31.8. The van der Waals surface area contributed by atoms with Crippen molar-refractivity contribution in [1.82, 2.24) is 14.8 Å². The number of halogens is 2. The molecule has 2 amide bonds. The van der Waals surface area contributed by atoms with Gasteiger partial charge in [-0.1, -0.05) is 17.7 Å². The number of amides is 2. The molecule has 1 aromatic carbocycles. The first-order valence-corrected chi connectivity index (χ1v) is 8.31. The fourth-order valence-corrected chi connectivity index (χ4v) is 3.22. The lowest BCUT2D eigenvalue weighted by atomic mass is 10.1. The highest BCUT2D eigenvalue weighted by atomic mass is 35.5. The van der Waals surface area contributed by atoms with Crippen LogP contribution in [-0.2, 0) is 0 Å². The average Bonchev–Trinajstić information content (AvgIpc) is 3.08. The number of rotatable bonds is 2. The molecule has 0 saturated carbocycles. The predicted molar refractivity (Wildman–Crippen MR) is 85.3 cm³/mol. The van der Waals surface area contributed by atoms with E-state index in [1.165, 1.54) is 34.4 Å². The van der Waals surface area contributed by atoms with Gasteiger partial charge in [0.05, 0.1) is 16.1 Å². The SMILES string of the molecule is O=C(c1cscn1)N1CCN(C(=O)c2c(F)cccc2Cl)CC1. The minimum absolute atomic E-state index is 0.0935. The highest BCUT2D eigenvalue weighted by Crippen LogP contribution is 2.21. The highest BCUT2D eigenvalue weighted by Gasteiger charge is 2.28. The molecule has 23 heavy (non-hydrogen) atoms. The topological polar surface area (TPSA) is 53.5 Å². The van der Waals surface area contributed by atoms with Crippen LogP contribution in [0.2, 0.25) is 5.02 Å². The second kappa shape index (κ2) is 6.64. The molecule has 0 aliphatic carbocycles. The summed E-state index contributed by atoms with van der Waals surface area (Å²) < 4.78 is 13.8. The number of carbonyl (C=O) groups excluding carboxylic acids is 2. The van der Waals surface area contributed by atoms with E-state index in [1.54, 1.807) is 15.8 Å². The van der Waals surface area contributed by atoms with Gasteiger partial charge < -0.3 is 9.80 Å². The number of benzene rings is 1. The fraction of sp³-hybridized carbons (Fsp3) is 0.267. The first-order chi connectivity index (χ1) is 11.1. The first kappa shape index (κ1) is 15.9. The molecule has 5 nitrogen and oxygen atoms in total. The molecule has 0 spiro atoms. The summed E-state index contributed by atoms with van der Waals surface area (Å²) >= 11 is 7.29. The van der Waals surface area contributed by atoms with Crippen LogP contribution >= 0.6 is 22.9 Å². The van der Waals surface area contributed by atoms with E-state index in [9.17, 15) is 14.0 Å². The molecule has 2 aromatic rings. The van der Waals surface area contributed by atoms with Crippen LogP contribution in [0.25, 0.3) is 0 Å². The van der Waals surface area contributed by atoms with E-state index in [-0.39, 0.29) is 16.5 Å². The van der Waals surface area contributed by atoms with Crippen LogP contribution in [-0.4, -0.2) is 52.8 Å². The average molecular weight is 354 g/mol. The number of hydrogen-bond donors (Lipinski definition) is 0. The Morgan fingerprint density at radius 2 is 1.78 bits per heavy atom. The van der Waals surface area contributed by atoms with Gasteiger partial charge in [-0.3, -0.25) is 9.59 Å². The summed E-state index contributed by atoms with van der Waals surface area (Å²) in [5.74, 6) is -1.24. The van der Waals surface area contributed by atoms with Crippen LogP contribution < -0.4 is 0 Å². The fourth-order valence-electron chi connectivity index (χ4n) is 2.45. The third kappa shape index (κ3) is 3.20. The molecule has 0 unspecified atom stereocenters. The van der Waals surface area contributed by atoms with Crippen molar-refractivity contribution < 1.29 is 14.0 Å². The summed E-state index contributed by atoms with van der Waals surface area (Å²) in [5, 5.41) is 1.79. The molecule has 1 aliphatic rings. The summed E-state index contributed by atoms with van der Waals surface area (Å²) in [6.07, 6.45) is 0. The normalized spacial score (nSPS) is 14.9. The molecule has 120 valence electrons. The van der Waals surface area contributed by atoms with Crippen molar-refractivity contribution in [1.29, 1.82) is 0 Å². The molecule has 0 radical (unpaired) electrons. The molecule has 1 fully saturated rings. The molecule has 1 aromatic heterocycles. The number of carbonyl (C=O) groups is 2. The zero-order valence-electron chi connectivity index (χ0n) is 12.0. The molecule has 1 saturated heterocycles. The van der Waals surface area contributed by atoms with Gasteiger partial charge in [0.1, 0.15) is 11.5 Å². The molecular weight excluding hydrogens is 341 g/mol. The van der Waals surface area contributed by atoms with E-state index in [2.05, 4.69) is 4.98 Å². The molecule has 8 heteroatoms. The van der Waals surface area contributed by atoms with Gasteiger partial charge in [0.2, 0.25) is 0 Å². The number of aromatic nitrogens is 1. The standard InChI is InChI=1S/C15H13ClFN3O2S/c16-10-2-1-3-11(17)13(10)15(22)20-6-4-19(5-7-20)14(21)12-8-23-9-18-12/h1-3,8-9H,4-7H2. The second-order valence-corrected chi connectivity index (χ2v) is 6.18. The lowest BCUT2D eigenvalue weighted by molar-refractivity contribution is 0.0530. The van der Waals surface area contributed by atoms with E-state index in [4.69, 9.17) is 11.6 Å². The quantitative estimate of drug-likeness (QED) is 0.833. The first-order valence-electron chi connectivity index (χ1n) is 6.98. The number of hydrogen-bond acceptors (Lipinski definition) is 4. The molecule has 0 atom stereocenters. The van der Waals surface area contributed by atoms with Crippen LogP contribution in [0.4, 0.5) is 4.39 Å². The lowest BCUT2D eigenvalue weighted by Gasteiger charge is -2.34. The Balaban J connectivity index is 1.67. The molecule has 1 aliphatic heterocycles. The number of piperazine rings is 1. The Bertz CT molecular complexity index is 710. The van der Waals surface area contributed by atoms with E-state index in [0.29, 0.717) is 31.9 Å². The lowest BCUT2D eigenvalue weighted by Crippen LogP contribution is -2.50. The summed E-state index contributed by atoms with van der Waals surface area (Å²) in [7, 11) is 0. The Kier molecular flexibility index (Phi) is 4.58. The minimum Gasteiger partial charge on any atom is -0.335 e. The van der Waals surface area contributed by atoms with Crippen LogP contribution in [0.3, 0.4) is 0 Å².